The summed E-state index contributed by atoms with van der Waals surface area (Å²) < 4.78 is 35.9. The van der Waals surface area contributed by atoms with Gasteiger partial charge in [0.2, 0.25) is 0 Å². The highest BCUT2D eigenvalue weighted by atomic mass is 32.2. The molecule has 1 nitrogen and oxygen atoms in total. The monoisotopic (exact) mass is 277 g/mol. The molecule has 0 fully saturated rings. The Bertz CT molecular complexity index is 335. The molecule has 0 heterocycles. The maximum absolute atomic E-state index is 12.0. The van der Waals surface area contributed by atoms with Crippen molar-refractivity contribution in [1.29, 1.82) is 0 Å². The van der Waals surface area contributed by atoms with Crippen molar-refractivity contribution >= 4 is 11.8 Å². The molecule has 102 valence electrons. The first kappa shape index (κ1) is 15.4. The number of halogens is 3. The summed E-state index contributed by atoms with van der Waals surface area (Å²) in [6, 6.07) is 7.67. The number of nitrogens with one attached hydrogen (secondary N) is 1. The smallest absolute Gasteiger partial charge is 0.313 e. The van der Waals surface area contributed by atoms with E-state index < -0.39 is 12.6 Å². The Morgan fingerprint density at radius 1 is 1.17 bits per heavy atom. The molecule has 1 aromatic carbocycles. The van der Waals surface area contributed by atoms with Gasteiger partial charge in [0.15, 0.2) is 0 Å². The van der Waals surface area contributed by atoms with Crippen molar-refractivity contribution in [3.05, 3.63) is 29.8 Å². The average Bonchev–Trinajstić information content (AvgIpc) is 2.30. The van der Waals surface area contributed by atoms with E-state index in [2.05, 4.69) is 12.2 Å². The van der Waals surface area contributed by atoms with Gasteiger partial charge in [-0.2, -0.15) is 13.2 Å². The molecule has 1 rings (SSSR count). The second kappa shape index (κ2) is 7.69. The molecular weight excluding hydrogens is 259 g/mol. The minimum absolute atomic E-state index is 0.0803. The van der Waals surface area contributed by atoms with Gasteiger partial charge in [0.1, 0.15) is 0 Å². The van der Waals surface area contributed by atoms with E-state index in [0.29, 0.717) is 0 Å². The Balaban J connectivity index is 2.31. The van der Waals surface area contributed by atoms with Crippen molar-refractivity contribution in [1.82, 2.24) is 5.32 Å². The summed E-state index contributed by atoms with van der Waals surface area (Å²) in [7, 11) is 0. The molecule has 0 spiro atoms. The molecule has 0 aromatic heterocycles. The van der Waals surface area contributed by atoms with Crippen LogP contribution in [0.3, 0.4) is 0 Å². The molecule has 1 N–H and O–H groups in total. The van der Waals surface area contributed by atoms with Crippen LogP contribution in [0.4, 0.5) is 13.2 Å². The third-order valence-electron chi connectivity index (χ3n) is 2.33. The normalized spacial score (nSPS) is 11.8. The minimum Gasteiger partial charge on any atom is -0.313 e. The number of benzene rings is 1. The van der Waals surface area contributed by atoms with Gasteiger partial charge in [-0.3, -0.25) is 0 Å². The molecule has 18 heavy (non-hydrogen) atoms. The highest BCUT2D eigenvalue weighted by molar-refractivity contribution is 7.99. The fourth-order valence-corrected chi connectivity index (χ4v) is 2.30. The SMILES string of the molecule is CCCNCc1ccc(SCCC(F)(F)F)cc1. The van der Waals surface area contributed by atoms with Crippen LogP contribution < -0.4 is 5.32 Å². The first-order valence-corrected chi connectivity index (χ1v) is 6.99. The first-order valence-electron chi connectivity index (χ1n) is 6.00. The molecule has 0 amide bonds. The summed E-state index contributed by atoms with van der Waals surface area (Å²) in [5.41, 5.74) is 1.16. The average molecular weight is 277 g/mol. The van der Waals surface area contributed by atoms with Crippen LogP contribution in [-0.4, -0.2) is 18.5 Å². The molecule has 0 saturated heterocycles. The van der Waals surface area contributed by atoms with E-state index in [1.54, 1.807) is 0 Å². The lowest BCUT2D eigenvalue weighted by molar-refractivity contribution is -0.129. The number of hydrogen-bond donors (Lipinski definition) is 1. The number of rotatable bonds is 7. The maximum Gasteiger partial charge on any atom is 0.389 e. The lowest BCUT2D eigenvalue weighted by atomic mass is 10.2. The molecular formula is C13H18F3NS. The number of hydrogen-bond acceptors (Lipinski definition) is 2. The van der Waals surface area contributed by atoms with Crippen LogP contribution in [0.5, 0.6) is 0 Å². The van der Waals surface area contributed by atoms with Gasteiger partial charge in [0, 0.05) is 17.2 Å². The zero-order valence-corrected chi connectivity index (χ0v) is 11.2. The van der Waals surface area contributed by atoms with Crippen LogP contribution >= 0.6 is 11.8 Å². The third-order valence-corrected chi connectivity index (χ3v) is 3.35. The lowest BCUT2D eigenvalue weighted by Gasteiger charge is -2.07. The summed E-state index contributed by atoms with van der Waals surface area (Å²) in [5, 5.41) is 3.28. The van der Waals surface area contributed by atoms with E-state index in [9.17, 15) is 13.2 Å². The van der Waals surface area contributed by atoms with E-state index in [-0.39, 0.29) is 5.75 Å². The van der Waals surface area contributed by atoms with Gasteiger partial charge < -0.3 is 5.32 Å². The molecule has 0 aliphatic carbocycles. The van der Waals surface area contributed by atoms with Crippen LogP contribution in [0.1, 0.15) is 25.3 Å². The van der Waals surface area contributed by atoms with E-state index >= 15 is 0 Å². The van der Waals surface area contributed by atoms with Gasteiger partial charge >= 0.3 is 6.18 Å². The lowest BCUT2D eigenvalue weighted by Crippen LogP contribution is -2.13. The molecule has 5 heteroatoms. The molecule has 0 radical (unpaired) electrons. The molecule has 1 aromatic rings. The van der Waals surface area contributed by atoms with Crippen molar-refractivity contribution in [2.24, 2.45) is 0 Å². The van der Waals surface area contributed by atoms with E-state index in [0.717, 1.165) is 30.0 Å². The number of alkyl halides is 3. The molecule has 0 atom stereocenters. The van der Waals surface area contributed by atoms with Gasteiger partial charge in [-0.25, -0.2) is 0 Å². The number of thioether (sulfide) groups is 1. The van der Waals surface area contributed by atoms with Crippen molar-refractivity contribution in [3.8, 4) is 0 Å². The second-order valence-electron chi connectivity index (χ2n) is 4.03. The third kappa shape index (κ3) is 6.91. The predicted molar refractivity (Wildman–Crippen MR) is 69.8 cm³/mol. The van der Waals surface area contributed by atoms with Gasteiger partial charge in [0.25, 0.3) is 0 Å². The summed E-state index contributed by atoms with van der Waals surface area (Å²) in [5.74, 6) is 0.0803. The Morgan fingerprint density at radius 3 is 2.39 bits per heavy atom. The van der Waals surface area contributed by atoms with E-state index in [1.165, 1.54) is 11.8 Å². The van der Waals surface area contributed by atoms with E-state index in [4.69, 9.17) is 0 Å². The van der Waals surface area contributed by atoms with Gasteiger partial charge in [-0.15, -0.1) is 11.8 Å². The summed E-state index contributed by atoms with van der Waals surface area (Å²) in [6.45, 7) is 3.89. The molecule has 0 saturated carbocycles. The van der Waals surface area contributed by atoms with Gasteiger partial charge in [0.05, 0.1) is 6.42 Å². The topological polar surface area (TPSA) is 12.0 Å². The van der Waals surface area contributed by atoms with E-state index in [1.807, 2.05) is 24.3 Å². The van der Waals surface area contributed by atoms with Crippen molar-refractivity contribution < 1.29 is 13.2 Å². The zero-order chi connectivity index (χ0) is 13.4. The van der Waals surface area contributed by atoms with Crippen molar-refractivity contribution in [2.75, 3.05) is 12.3 Å². The van der Waals surface area contributed by atoms with Gasteiger partial charge in [-0.05, 0) is 30.7 Å². The minimum atomic E-state index is -4.06. The van der Waals surface area contributed by atoms with Crippen LogP contribution in [0.2, 0.25) is 0 Å². The Hall–Kier alpha value is -0.680. The Kier molecular flexibility index (Phi) is 6.57. The maximum atomic E-state index is 12.0. The van der Waals surface area contributed by atoms with Crippen LogP contribution in [0, 0.1) is 0 Å². The highest BCUT2D eigenvalue weighted by Crippen LogP contribution is 2.26. The predicted octanol–water partition coefficient (Wildman–Crippen LogP) is 4.23. The fourth-order valence-electron chi connectivity index (χ4n) is 1.40. The standard InChI is InChI=1S/C13H18F3NS/c1-2-8-17-10-11-3-5-12(6-4-11)18-9-7-13(14,15)16/h3-6,17H,2,7-10H2,1H3. The van der Waals surface area contributed by atoms with Crippen molar-refractivity contribution in [2.45, 2.75) is 37.4 Å². The summed E-state index contributed by atoms with van der Waals surface area (Å²) in [4.78, 5) is 0.887. The first-order chi connectivity index (χ1) is 8.51. The summed E-state index contributed by atoms with van der Waals surface area (Å²) >= 11 is 1.24. The Morgan fingerprint density at radius 2 is 1.83 bits per heavy atom. The van der Waals surface area contributed by atoms with Gasteiger partial charge in [-0.1, -0.05) is 19.1 Å². The van der Waals surface area contributed by atoms with Crippen LogP contribution in [0.25, 0.3) is 0 Å². The molecule has 0 aliphatic rings. The molecule has 0 aliphatic heterocycles. The second-order valence-corrected chi connectivity index (χ2v) is 5.20. The van der Waals surface area contributed by atoms with Crippen LogP contribution in [-0.2, 0) is 6.54 Å². The quantitative estimate of drug-likeness (QED) is 0.591. The van der Waals surface area contributed by atoms with Crippen LogP contribution in [0.15, 0.2) is 29.2 Å². The molecule has 0 unspecified atom stereocenters. The fraction of sp³-hybridized carbons (Fsp3) is 0.538. The largest absolute Gasteiger partial charge is 0.389 e. The molecule has 0 bridgehead atoms. The highest BCUT2D eigenvalue weighted by Gasteiger charge is 2.26. The van der Waals surface area contributed by atoms with Crippen molar-refractivity contribution in [3.63, 3.8) is 0 Å². The Labute approximate surface area is 110 Å². The summed E-state index contributed by atoms with van der Waals surface area (Å²) in [6.07, 6.45) is -3.71. The zero-order valence-electron chi connectivity index (χ0n) is 10.4.